The number of rotatable bonds is 7. The van der Waals surface area contributed by atoms with Gasteiger partial charge in [0.15, 0.2) is 5.82 Å². The third kappa shape index (κ3) is 4.42. The quantitative estimate of drug-likeness (QED) is 0.711. The number of para-hydroxylation sites is 1. The molecule has 0 aliphatic rings. The molecule has 0 saturated carbocycles. The Hall–Kier alpha value is -2.73. The molecule has 0 spiro atoms. The van der Waals surface area contributed by atoms with E-state index in [1.165, 1.54) is 12.1 Å². The zero-order valence-corrected chi connectivity index (χ0v) is 14.2. The minimum Gasteiger partial charge on any atom is -0.496 e. The summed E-state index contributed by atoms with van der Waals surface area (Å²) in [6.07, 6.45) is 0.818. The molecule has 0 bridgehead atoms. The van der Waals surface area contributed by atoms with Crippen LogP contribution in [0.3, 0.4) is 0 Å². The minimum absolute atomic E-state index is 0.201. The van der Waals surface area contributed by atoms with Gasteiger partial charge in [0, 0.05) is 11.6 Å². The molecule has 1 aromatic heterocycles. The zero-order valence-electron chi connectivity index (χ0n) is 14.2. The Bertz CT molecular complexity index is 835. The number of hydrogen-bond acceptors (Lipinski definition) is 5. The number of nitrogens with zero attached hydrogens (tertiary/aromatic N) is 2. The van der Waals surface area contributed by atoms with Crippen molar-refractivity contribution in [3.8, 4) is 17.2 Å². The standard InChI is InChI=1S/C19H20FN3O2/c1-13(10-14-6-3-4-9-17(14)24-2)21-12-18-22-19(25-23-18)15-7-5-8-16(20)11-15/h3-9,11,13,21H,10,12H2,1-2H3/t13-/m1/s1. The van der Waals surface area contributed by atoms with Crippen LogP contribution in [-0.4, -0.2) is 23.3 Å². The summed E-state index contributed by atoms with van der Waals surface area (Å²) in [7, 11) is 1.67. The summed E-state index contributed by atoms with van der Waals surface area (Å²) in [5.74, 6) is 1.39. The van der Waals surface area contributed by atoms with E-state index in [1.807, 2.05) is 24.3 Å². The first-order chi connectivity index (χ1) is 12.2. The molecule has 3 rings (SSSR count). The lowest BCUT2D eigenvalue weighted by atomic mass is 10.1. The van der Waals surface area contributed by atoms with Crippen molar-refractivity contribution in [3.63, 3.8) is 0 Å². The Morgan fingerprint density at radius 1 is 1.20 bits per heavy atom. The zero-order chi connectivity index (χ0) is 17.6. The van der Waals surface area contributed by atoms with Crippen molar-refractivity contribution in [2.45, 2.75) is 25.9 Å². The molecule has 0 amide bonds. The molecule has 5 nitrogen and oxygen atoms in total. The van der Waals surface area contributed by atoms with Crippen LogP contribution in [0.5, 0.6) is 5.75 Å². The lowest BCUT2D eigenvalue weighted by molar-refractivity contribution is 0.403. The van der Waals surface area contributed by atoms with Crippen LogP contribution in [0.2, 0.25) is 0 Å². The molecule has 3 aromatic rings. The Morgan fingerprint density at radius 2 is 2.04 bits per heavy atom. The van der Waals surface area contributed by atoms with E-state index in [1.54, 1.807) is 19.2 Å². The van der Waals surface area contributed by atoms with Crippen molar-refractivity contribution >= 4 is 0 Å². The highest BCUT2D eigenvalue weighted by atomic mass is 19.1. The van der Waals surface area contributed by atoms with Gasteiger partial charge in [0.05, 0.1) is 13.7 Å². The SMILES string of the molecule is COc1ccccc1C[C@@H](C)NCc1noc(-c2cccc(F)c2)n1. The average Bonchev–Trinajstić information content (AvgIpc) is 3.09. The Balaban J connectivity index is 1.58. The second kappa shape index (κ2) is 7.90. The van der Waals surface area contributed by atoms with Crippen molar-refractivity contribution in [1.29, 1.82) is 0 Å². The van der Waals surface area contributed by atoms with Crippen LogP contribution >= 0.6 is 0 Å². The van der Waals surface area contributed by atoms with Crippen LogP contribution < -0.4 is 10.1 Å². The van der Waals surface area contributed by atoms with Crippen LogP contribution in [0.1, 0.15) is 18.3 Å². The number of aromatic nitrogens is 2. The maximum absolute atomic E-state index is 13.3. The Kier molecular flexibility index (Phi) is 5.40. The molecular weight excluding hydrogens is 321 g/mol. The maximum atomic E-state index is 13.3. The smallest absolute Gasteiger partial charge is 0.258 e. The van der Waals surface area contributed by atoms with E-state index in [9.17, 15) is 4.39 Å². The molecule has 2 aromatic carbocycles. The molecule has 25 heavy (non-hydrogen) atoms. The fraction of sp³-hybridized carbons (Fsp3) is 0.263. The van der Waals surface area contributed by atoms with Gasteiger partial charge in [-0.15, -0.1) is 0 Å². The van der Waals surface area contributed by atoms with Gasteiger partial charge in [-0.3, -0.25) is 0 Å². The first-order valence-corrected chi connectivity index (χ1v) is 8.09. The van der Waals surface area contributed by atoms with Crippen molar-refractivity contribution in [2.24, 2.45) is 0 Å². The van der Waals surface area contributed by atoms with Crippen LogP contribution in [0, 0.1) is 5.82 Å². The van der Waals surface area contributed by atoms with Gasteiger partial charge in [-0.2, -0.15) is 4.98 Å². The molecule has 1 heterocycles. The van der Waals surface area contributed by atoms with Crippen LogP contribution in [0.4, 0.5) is 4.39 Å². The van der Waals surface area contributed by atoms with Crippen molar-refractivity contribution in [1.82, 2.24) is 15.5 Å². The highest BCUT2D eigenvalue weighted by molar-refractivity contribution is 5.52. The van der Waals surface area contributed by atoms with Gasteiger partial charge in [0.1, 0.15) is 11.6 Å². The molecule has 130 valence electrons. The van der Waals surface area contributed by atoms with E-state index < -0.39 is 0 Å². The van der Waals surface area contributed by atoms with E-state index in [-0.39, 0.29) is 11.9 Å². The Morgan fingerprint density at radius 3 is 2.84 bits per heavy atom. The average molecular weight is 341 g/mol. The number of ether oxygens (including phenoxy) is 1. The van der Waals surface area contributed by atoms with Gasteiger partial charge in [-0.05, 0) is 43.2 Å². The van der Waals surface area contributed by atoms with E-state index in [0.29, 0.717) is 23.8 Å². The highest BCUT2D eigenvalue weighted by Gasteiger charge is 2.12. The second-order valence-electron chi connectivity index (χ2n) is 5.82. The van der Waals surface area contributed by atoms with Gasteiger partial charge in [0.2, 0.25) is 0 Å². The molecule has 0 fully saturated rings. The number of halogens is 1. The number of benzene rings is 2. The third-order valence-electron chi connectivity index (χ3n) is 3.87. The summed E-state index contributed by atoms with van der Waals surface area (Å²) in [5.41, 5.74) is 1.71. The van der Waals surface area contributed by atoms with Crippen LogP contribution in [0.25, 0.3) is 11.5 Å². The van der Waals surface area contributed by atoms with E-state index >= 15 is 0 Å². The number of methoxy groups -OCH3 is 1. The van der Waals surface area contributed by atoms with Crippen molar-refractivity contribution < 1.29 is 13.7 Å². The molecule has 1 atom stereocenters. The molecule has 0 saturated heterocycles. The van der Waals surface area contributed by atoms with Gasteiger partial charge in [-0.25, -0.2) is 4.39 Å². The number of hydrogen-bond donors (Lipinski definition) is 1. The monoisotopic (exact) mass is 341 g/mol. The van der Waals surface area contributed by atoms with Crippen LogP contribution in [-0.2, 0) is 13.0 Å². The lowest BCUT2D eigenvalue weighted by Crippen LogP contribution is -2.28. The Labute approximate surface area is 145 Å². The van der Waals surface area contributed by atoms with E-state index in [2.05, 4.69) is 22.4 Å². The fourth-order valence-corrected chi connectivity index (χ4v) is 2.60. The predicted octanol–water partition coefficient (Wildman–Crippen LogP) is 3.61. The minimum atomic E-state index is -0.333. The lowest BCUT2D eigenvalue weighted by Gasteiger charge is -2.14. The molecule has 0 radical (unpaired) electrons. The van der Waals surface area contributed by atoms with Gasteiger partial charge in [0.25, 0.3) is 5.89 Å². The summed E-state index contributed by atoms with van der Waals surface area (Å²) < 4.78 is 23.8. The first-order valence-electron chi connectivity index (χ1n) is 8.09. The summed E-state index contributed by atoms with van der Waals surface area (Å²) in [6.45, 7) is 2.55. The van der Waals surface area contributed by atoms with E-state index in [4.69, 9.17) is 9.26 Å². The van der Waals surface area contributed by atoms with Crippen molar-refractivity contribution in [3.05, 3.63) is 65.7 Å². The van der Waals surface area contributed by atoms with E-state index in [0.717, 1.165) is 17.7 Å². The second-order valence-corrected chi connectivity index (χ2v) is 5.82. The highest BCUT2D eigenvalue weighted by Crippen LogP contribution is 2.20. The maximum Gasteiger partial charge on any atom is 0.258 e. The van der Waals surface area contributed by atoms with Gasteiger partial charge < -0.3 is 14.6 Å². The summed E-state index contributed by atoms with van der Waals surface area (Å²) >= 11 is 0. The normalized spacial score (nSPS) is 12.1. The van der Waals surface area contributed by atoms with Crippen molar-refractivity contribution in [2.75, 3.05) is 7.11 Å². The molecule has 6 heteroatoms. The largest absolute Gasteiger partial charge is 0.496 e. The van der Waals surface area contributed by atoms with Gasteiger partial charge in [-0.1, -0.05) is 29.4 Å². The predicted molar refractivity (Wildman–Crippen MR) is 92.7 cm³/mol. The van der Waals surface area contributed by atoms with Gasteiger partial charge >= 0.3 is 0 Å². The molecule has 1 N–H and O–H groups in total. The molecule has 0 aliphatic carbocycles. The molecular formula is C19H20FN3O2. The summed E-state index contributed by atoms with van der Waals surface area (Å²) in [6, 6.07) is 14.2. The molecule has 0 aliphatic heterocycles. The molecule has 0 unspecified atom stereocenters. The first kappa shape index (κ1) is 17.1. The fourth-order valence-electron chi connectivity index (χ4n) is 2.60. The topological polar surface area (TPSA) is 60.2 Å². The number of nitrogens with one attached hydrogen (secondary N) is 1. The van der Waals surface area contributed by atoms with Crippen LogP contribution in [0.15, 0.2) is 53.1 Å². The summed E-state index contributed by atoms with van der Waals surface area (Å²) in [5, 5.41) is 7.30. The third-order valence-corrected chi connectivity index (χ3v) is 3.87. The summed E-state index contributed by atoms with van der Waals surface area (Å²) in [4.78, 5) is 4.30.